The Morgan fingerprint density at radius 3 is 2.17 bits per heavy atom. The van der Waals surface area contributed by atoms with Crippen molar-refractivity contribution in [2.24, 2.45) is 0 Å². The molecule has 1 heterocycles. The number of hydrogen-bond donors (Lipinski definition) is 0. The summed E-state index contributed by atoms with van der Waals surface area (Å²) in [6.45, 7) is 7.53. The lowest BCUT2D eigenvalue weighted by Gasteiger charge is -2.36. The average molecular weight is 343 g/mol. The van der Waals surface area contributed by atoms with E-state index >= 15 is 0 Å². The minimum Gasteiger partial charge on any atom is -0.368 e. The second kappa shape index (κ2) is 7.27. The number of carbonyl (C=O) groups excluding carboxylic acids is 1. The van der Waals surface area contributed by atoms with Gasteiger partial charge < -0.3 is 9.80 Å². The van der Waals surface area contributed by atoms with Crippen molar-refractivity contribution >= 4 is 23.2 Å². The third-order valence-electron chi connectivity index (χ3n) is 4.60. The van der Waals surface area contributed by atoms with Gasteiger partial charge in [-0.05, 0) is 35.7 Å². The first kappa shape index (κ1) is 16.8. The van der Waals surface area contributed by atoms with E-state index < -0.39 is 0 Å². The molecule has 2 aromatic carbocycles. The molecule has 126 valence electrons. The largest absolute Gasteiger partial charge is 0.368 e. The van der Waals surface area contributed by atoms with Crippen LogP contribution in [0.5, 0.6) is 0 Å². The van der Waals surface area contributed by atoms with Crippen LogP contribution in [0.25, 0.3) is 0 Å². The van der Waals surface area contributed by atoms with Gasteiger partial charge in [0.2, 0.25) is 0 Å². The number of piperazine rings is 1. The van der Waals surface area contributed by atoms with E-state index in [0.717, 1.165) is 26.2 Å². The van der Waals surface area contributed by atoms with E-state index in [9.17, 15) is 4.79 Å². The van der Waals surface area contributed by atoms with Gasteiger partial charge in [-0.25, -0.2) is 0 Å². The molecule has 1 aliphatic heterocycles. The molecule has 24 heavy (non-hydrogen) atoms. The summed E-state index contributed by atoms with van der Waals surface area (Å²) < 4.78 is 0. The first-order chi connectivity index (χ1) is 11.6. The smallest absolute Gasteiger partial charge is 0.255 e. The summed E-state index contributed by atoms with van der Waals surface area (Å²) in [7, 11) is 0. The van der Waals surface area contributed by atoms with Crippen molar-refractivity contribution in [3.05, 3.63) is 64.7 Å². The van der Waals surface area contributed by atoms with E-state index in [-0.39, 0.29) is 5.91 Å². The van der Waals surface area contributed by atoms with E-state index in [0.29, 0.717) is 16.5 Å². The standard InChI is InChI=1S/C20H23ClN2O/c1-15(2)16-7-9-17(10-8-16)22-11-13-23(14-12-22)20(24)18-5-3-4-6-19(18)21/h3-10,15H,11-14H2,1-2H3. The predicted molar refractivity (Wildman–Crippen MR) is 100 cm³/mol. The van der Waals surface area contributed by atoms with Gasteiger partial charge in [0, 0.05) is 31.9 Å². The number of benzene rings is 2. The van der Waals surface area contributed by atoms with Gasteiger partial charge in [0.05, 0.1) is 10.6 Å². The van der Waals surface area contributed by atoms with Crippen LogP contribution in [-0.4, -0.2) is 37.0 Å². The lowest BCUT2D eigenvalue weighted by molar-refractivity contribution is 0.0747. The maximum absolute atomic E-state index is 12.6. The number of hydrogen-bond acceptors (Lipinski definition) is 2. The van der Waals surface area contributed by atoms with Crippen LogP contribution in [0.2, 0.25) is 5.02 Å². The van der Waals surface area contributed by atoms with Crippen molar-refractivity contribution in [1.29, 1.82) is 0 Å². The van der Waals surface area contributed by atoms with Crippen molar-refractivity contribution < 1.29 is 4.79 Å². The molecule has 0 radical (unpaired) electrons. The van der Waals surface area contributed by atoms with E-state index in [1.807, 2.05) is 17.0 Å². The number of rotatable bonds is 3. The quantitative estimate of drug-likeness (QED) is 0.824. The first-order valence-corrected chi connectivity index (χ1v) is 8.83. The minimum atomic E-state index is 0.0235. The monoisotopic (exact) mass is 342 g/mol. The van der Waals surface area contributed by atoms with Crippen LogP contribution in [-0.2, 0) is 0 Å². The summed E-state index contributed by atoms with van der Waals surface area (Å²) >= 11 is 6.15. The minimum absolute atomic E-state index is 0.0235. The Labute approximate surface area is 148 Å². The molecule has 0 atom stereocenters. The Kier molecular flexibility index (Phi) is 5.10. The van der Waals surface area contributed by atoms with Crippen molar-refractivity contribution in [3.8, 4) is 0 Å². The summed E-state index contributed by atoms with van der Waals surface area (Å²) in [5, 5.41) is 0.522. The molecule has 1 amide bonds. The third kappa shape index (κ3) is 3.57. The van der Waals surface area contributed by atoms with Crippen LogP contribution in [0.3, 0.4) is 0 Å². The SMILES string of the molecule is CC(C)c1ccc(N2CCN(C(=O)c3ccccc3Cl)CC2)cc1. The Hall–Kier alpha value is -2.00. The normalized spacial score (nSPS) is 15.0. The van der Waals surface area contributed by atoms with Gasteiger partial charge in [-0.15, -0.1) is 0 Å². The topological polar surface area (TPSA) is 23.6 Å². The van der Waals surface area contributed by atoms with Gasteiger partial charge in [0.1, 0.15) is 0 Å². The molecule has 0 aliphatic carbocycles. The molecule has 3 rings (SSSR count). The number of halogens is 1. The van der Waals surface area contributed by atoms with Gasteiger partial charge >= 0.3 is 0 Å². The summed E-state index contributed by atoms with van der Waals surface area (Å²) in [4.78, 5) is 16.8. The zero-order valence-electron chi connectivity index (χ0n) is 14.2. The number of nitrogens with zero attached hydrogens (tertiary/aromatic N) is 2. The highest BCUT2D eigenvalue weighted by Crippen LogP contribution is 2.22. The molecule has 1 fully saturated rings. The van der Waals surface area contributed by atoms with E-state index in [2.05, 4.69) is 43.0 Å². The zero-order chi connectivity index (χ0) is 17.1. The van der Waals surface area contributed by atoms with Crippen LogP contribution in [0, 0.1) is 0 Å². The highest BCUT2D eigenvalue weighted by Gasteiger charge is 2.23. The highest BCUT2D eigenvalue weighted by molar-refractivity contribution is 6.33. The molecule has 4 heteroatoms. The van der Waals surface area contributed by atoms with Crippen molar-refractivity contribution in [2.75, 3.05) is 31.1 Å². The molecule has 0 N–H and O–H groups in total. The lowest BCUT2D eigenvalue weighted by Crippen LogP contribution is -2.48. The van der Waals surface area contributed by atoms with Gasteiger partial charge in [0.15, 0.2) is 0 Å². The van der Waals surface area contributed by atoms with E-state index in [4.69, 9.17) is 11.6 Å². The van der Waals surface area contributed by atoms with Crippen LogP contribution >= 0.6 is 11.6 Å². The maximum Gasteiger partial charge on any atom is 0.255 e. The summed E-state index contributed by atoms with van der Waals surface area (Å²) in [6.07, 6.45) is 0. The number of amides is 1. The van der Waals surface area contributed by atoms with E-state index in [1.165, 1.54) is 11.3 Å². The molecule has 1 aliphatic rings. The van der Waals surface area contributed by atoms with Crippen molar-refractivity contribution in [3.63, 3.8) is 0 Å². The second-order valence-corrected chi connectivity index (χ2v) is 6.91. The van der Waals surface area contributed by atoms with Gasteiger partial charge in [-0.1, -0.05) is 49.7 Å². The number of carbonyl (C=O) groups is 1. The first-order valence-electron chi connectivity index (χ1n) is 8.45. The Morgan fingerprint density at radius 1 is 0.958 bits per heavy atom. The fourth-order valence-corrected chi connectivity index (χ4v) is 3.26. The van der Waals surface area contributed by atoms with Crippen LogP contribution < -0.4 is 4.90 Å². The molecule has 3 nitrogen and oxygen atoms in total. The van der Waals surface area contributed by atoms with Crippen LogP contribution in [0.15, 0.2) is 48.5 Å². The summed E-state index contributed by atoms with van der Waals surface area (Å²) in [5.74, 6) is 0.569. The third-order valence-corrected chi connectivity index (χ3v) is 4.93. The molecule has 1 saturated heterocycles. The predicted octanol–water partition coefficient (Wildman–Crippen LogP) is 4.43. The second-order valence-electron chi connectivity index (χ2n) is 6.51. The van der Waals surface area contributed by atoms with Gasteiger partial charge in [-0.2, -0.15) is 0 Å². The molecular formula is C20H23ClN2O. The average Bonchev–Trinajstić information content (AvgIpc) is 2.62. The van der Waals surface area contributed by atoms with Crippen LogP contribution in [0.4, 0.5) is 5.69 Å². The zero-order valence-corrected chi connectivity index (χ0v) is 15.0. The number of anilines is 1. The Balaban J connectivity index is 1.63. The van der Waals surface area contributed by atoms with Crippen molar-refractivity contribution in [2.45, 2.75) is 19.8 Å². The Bertz CT molecular complexity index is 704. The van der Waals surface area contributed by atoms with Gasteiger partial charge in [-0.3, -0.25) is 4.79 Å². The van der Waals surface area contributed by atoms with Crippen molar-refractivity contribution in [1.82, 2.24) is 4.90 Å². The molecule has 0 saturated carbocycles. The fourth-order valence-electron chi connectivity index (χ4n) is 3.04. The molecular weight excluding hydrogens is 320 g/mol. The molecule has 0 unspecified atom stereocenters. The fraction of sp³-hybridized carbons (Fsp3) is 0.350. The molecule has 0 aromatic heterocycles. The molecule has 0 spiro atoms. The highest BCUT2D eigenvalue weighted by atomic mass is 35.5. The molecule has 0 bridgehead atoms. The van der Waals surface area contributed by atoms with E-state index in [1.54, 1.807) is 12.1 Å². The lowest BCUT2D eigenvalue weighted by atomic mass is 10.0. The van der Waals surface area contributed by atoms with Gasteiger partial charge in [0.25, 0.3) is 5.91 Å². The summed E-state index contributed by atoms with van der Waals surface area (Å²) in [6, 6.07) is 16.0. The molecule has 2 aromatic rings. The van der Waals surface area contributed by atoms with Crippen LogP contribution in [0.1, 0.15) is 35.7 Å². The summed E-state index contributed by atoms with van der Waals surface area (Å²) in [5.41, 5.74) is 3.17. The maximum atomic E-state index is 12.6. The Morgan fingerprint density at radius 2 is 1.58 bits per heavy atom.